The van der Waals surface area contributed by atoms with E-state index in [9.17, 15) is 0 Å². The number of nitrogens with zero attached hydrogens (tertiary/aromatic N) is 3. The zero-order chi connectivity index (χ0) is 16.0. The maximum absolute atomic E-state index is 4.49. The van der Waals surface area contributed by atoms with Crippen LogP contribution in [0.3, 0.4) is 0 Å². The van der Waals surface area contributed by atoms with Gasteiger partial charge in [0.1, 0.15) is 0 Å². The van der Waals surface area contributed by atoms with E-state index in [1.54, 1.807) is 0 Å². The first kappa shape index (κ1) is 18.2. The van der Waals surface area contributed by atoms with Crippen molar-refractivity contribution in [2.24, 2.45) is 7.05 Å². The summed E-state index contributed by atoms with van der Waals surface area (Å²) in [4.78, 5) is 2.62. The Hall–Kier alpha value is -0.870. The highest BCUT2D eigenvalue weighted by Crippen LogP contribution is 2.30. The molecule has 1 rings (SSSR count). The summed E-state index contributed by atoms with van der Waals surface area (Å²) in [6, 6.07) is 2.64. The number of hydrogen-bond donors (Lipinski definition) is 1. The quantitative estimate of drug-likeness (QED) is 0.760. The van der Waals surface area contributed by atoms with Crippen molar-refractivity contribution >= 4 is 0 Å². The number of aryl methyl sites for hydroxylation is 2. The Labute approximate surface area is 130 Å². The van der Waals surface area contributed by atoms with Crippen LogP contribution in [0.5, 0.6) is 0 Å². The van der Waals surface area contributed by atoms with E-state index < -0.39 is 0 Å². The third-order valence-electron chi connectivity index (χ3n) is 5.13. The maximum Gasteiger partial charge on any atom is 0.0596 e. The van der Waals surface area contributed by atoms with Gasteiger partial charge in [-0.2, -0.15) is 5.10 Å². The summed E-state index contributed by atoms with van der Waals surface area (Å²) in [5.41, 5.74) is 2.62. The molecule has 0 spiro atoms. The van der Waals surface area contributed by atoms with Crippen LogP contribution in [0.25, 0.3) is 0 Å². The zero-order valence-electron chi connectivity index (χ0n) is 15.0. The summed E-state index contributed by atoms with van der Waals surface area (Å²) in [5.74, 6) is 0. The lowest BCUT2D eigenvalue weighted by Gasteiger charge is -2.48. The first-order valence-corrected chi connectivity index (χ1v) is 8.40. The molecule has 0 aromatic carbocycles. The highest BCUT2D eigenvalue weighted by molar-refractivity contribution is 5.13. The second kappa shape index (κ2) is 7.95. The van der Waals surface area contributed by atoms with Crippen LogP contribution in [0, 0.1) is 6.92 Å². The van der Waals surface area contributed by atoms with Gasteiger partial charge in [-0.15, -0.1) is 0 Å². The molecule has 1 N–H and O–H groups in total. The van der Waals surface area contributed by atoms with E-state index in [1.165, 1.54) is 5.69 Å². The molecule has 1 heterocycles. The van der Waals surface area contributed by atoms with Crippen molar-refractivity contribution in [2.45, 2.75) is 65.5 Å². The number of rotatable bonds is 9. The summed E-state index contributed by atoms with van der Waals surface area (Å²) >= 11 is 0. The molecule has 0 aliphatic carbocycles. The largest absolute Gasteiger partial charge is 0.315 e. The molecule has 0 bridgehead atoms. The van der Waals surface area contributed by atoms with Gasteiger partial charge in [0.05, 0.1) is 5.69 Å². The molecule has 122 valence electrons. The van der Waals surface area contributed by atoms with Gasteiger partial charge >= 0.3 is 0 Å². The van der Waals surface area contributed by atoms with Gasteiger partial charge in [-0.05, 0) is 46.0 Å². The summed E-state index contributed by atoms with van der Waals surface area (Å²) in [6.45, 7) is 13.4. The molecular weight excluding hydrogens is 260 g/mol. The summed E-state index contributed by atoms with van der Waals surface area (Å²) in [7, 11) is 4.14. The molecule has 0 aliphatic heterocycles. The molecular formula is C17H34N4. The van der Waals surface area contributed by atoms with Crippen LogP contribution in [0.1, 0.15) is 51.9 Å². The highest BCUT2D eigenvalue weighted by Gasteiger charge is 2.39. The molecule has 1 aromatic rings. The Morgan fingerprint density at radius 2 is 1.81 bits per heavy atom. The average Bonchev–Trinajstić information content (AvgIpc) is 2.80. The van der Waals surface area contributed by atoms with Crippen molar-refractivity contribution in [2.75, 3.05) is 20.1 Å². The fourth-order valence-electron chi connectivity index (χ4n) is 3.89. The van der Waals surface area contributed by atoms with Gasteiger partial charge < -0.3 is 5.32 Å². The standard InChI is InChI=1S/C17H34N4/c1-8-17(9-2,21(10-3)11-4)16(18-6)13-15-12-14(5)19-20(15)7/h12,16,18H,8-11,13H2,1-7H3. The average molecular weight is 294 g/mol. The smallest absolute Gasteiger partial charge is 0.0596 e. The van der Waals surface area contributed by atoms with Crippen molar-refractivity contribution in [1.29, 1.82) is 0 Å². The van der Waals surface area contributed by atoms with Crippen LogP contribution in [-0.2, 0) is 13.5 Å². The fourth-order valence-corrected chi connectivity index (χ4v) is 3.89. The van der Waals surface area contributed by atoms with Crippen LogP contribution in [0.15, 0.2) is 6.07 Å². The van der Waals surface area contributed by atoms with Crippen molar-refractivity contribution in [3.05, 3.63) is 17.5 Å². The predicted octanol–water partition coefficient (Wildman–Crippen LogP) is 2.76. The monoisotopic (exact) mass is 294 g/mol. The highest BCUT2D eigenvalue weighted by atomic mass is 15.3. The number of aromatic nitrogens is 2. The van der Waals surface area contributed by atoms with Crippen LogP contribution in [0.4, 0.5) is 0 Å². The van der Waals surface area contributed by atoms with E-state index in [1.807, 2.05) is 11.7 Å². The molecule has 0 radical (unpaired) electrons. The SMILES string of the molecule is CCN(CC)C(CC)(CC)C(Cc1cc(C)nn1C)NC. The summed E-state index contributed by atoms with van der Waals surface area (Å²) < 4.78 is 2.03. The van der Waals surface area contributed by atoms with Gasteiger partial charge in [0.25, 0.3) is 0 Å². The molecule has 1 atom stereocenters. The number of likely N-dealkylation sites (N-methyl/N-ethyl adjacent to an activating group) is 2. The van der Waals surface area contributed by atoms with E-state index in [0.717, 1.165) is 38.0 Å². The Kier molecular flexibility index (Phi) is 6.88. The second-order valence-corrected chi connectivity index (χ2v) is 5.93. The van der Waals surface area contributed by atoms with Crippen LogP contribution < -0.4 is 5.32 Å². The van der Waals surface area contributed by atoms with Gasteiger partial charge in [-0.1, -0.05) is 27.7 Å². The molecule has 0 amide bonds. The third kappa shape index (κ3) is 3.67. The molecule has 0 saturated heterocycles. The van der Waals surface area contributed by atoms with E-state index in [4.69, 9.17) is 0 Å². The van der Waals surface area contributed by atoms with E-state index in [2.05, 4.69) is 63.0 Å². The number of hydrogen-bond acceptors (Lipinski definition) is 3. The minimum atomic E-state index is 0.205. The van der Waals surface area contributed by atoms with Crippen LogP contribution in [0.2, 0.25) is 0 Å². The lowest BCUT2D eigenvalue weighted by Crippen LogP contribution is -2.61. The maximum atomic E-state index is 4.49. The predicted molar refractivity (Wildman–Crippen MR) is 90.7 cm³/mol. The van der Waals surface area contributed by atoms with Gasteiger partial charge in [-0.3, -0.25) is 9.58 Å². The third-order valence-corrected chi connectivity index (χ3v) is 5.13. The Morgan fingerprint density at radius 1 is 1.24 bits per heavy atom. The van der Waals surface area contributed by atoms with Crippen LogP contribution in [-0.4, -0.2) is 46.4 Å². The minimum Gasteiger partial charge on any atom is -0.315 e. The molecule has 0 fully saturated rings. The summed E-state index contributed by atoms with van der Waals surface area (Å²) in [6.07, 6.45) is 3.34. The normalized spacial score (nSPS) is 13.9. The van der Waals surface area contributed by atoms with Crippen molar-refractivity contribution < 1.29 is 0 Å². The Balaban J connectivity index is 3.10. The van der Waals surface area contributed by atoms with Gasteiger partial charge in [0, 0.05) is 30.7 Å². The number of nitrogens with one attached hydrogen (secondary N) is 1. The lowest BCUT2D eigenvalue weighted by atomic mass is 9.80. The van der Waals surface area contributed by atoms with Crippen molar-refractivity contribution in [1.82, 2.24) is 20.0 Å². The molecule has 4 nitrogen and oxygen atoms in total. The molecule has 1 unspecified atom stereocenters. The Morgan fingerprint density at radius 3 is 2.14 bits per heavy atom. The molecule has 1 aromatic heterocycles. The minimum absolute atomic E-state index is 0.205. The lowest BCUT2D eigenvalue weighted by molar-refractivity contribution is 0.0513. The fraction of sp³-hybridized carbons (Fsp3) is 0.824. The zero-order valence-corrected chi connectivity index (χ0v) is 15.0. The topological polar surface area (TPSA) is 33.1 Å². The molecule has 4 heteroatoms. The first-order chi connectivity index (χ1) is 9.98. The van der Waals surface area contributed by atoms with E-state index >= 15 is 0 Å². The molecule has 0 saturated carbocycles. The summed E-state index contributed by atoms with van der Waals surface area (Å²) in [5, 5.41) is 8.09. The van der Waals surface area contributed by atoms with Crippen molar-refractivity contribution in [3.8, 4) is 0 Å². The van der Waals surface area contributed by atoms with Gasteiger partial charge in [-0.25, -0.2) is 0 Å². The van der Waals surface area contributed by atoms with Crippen LogP contribution >= 0.6 is 0 Å². The Bertz CT molecular complexity index is 416. The van der Waals surface area contributed by atoms with E-state index in [0.29, 0.717) is 6.04 Å². The van der Waals surface area contributed by atoms with E-state index in [-0.39, 0.29) is 5.54 Å². The molecule has 21 heavy (non-hydrogen) atoms. The van der Waals surface area contributed by atoms with Crippen molar-refractivity contribution in [3.63, 3.8) is 0 Å². The second-order valence-electron chi connectivity index (χ2n) is 5.93. The van der Waals surface area contributed by atoms with Gasteiger partial charge in [0.2, 0.25) is 0 Å². The first-order valence-electron chi connectivity index (χ1n) is 8.40. The van der Waals surface area contributed by atoms with Gasteiger partial charge in [0.15, 0.2) is 0 Å². The molecule has 0 aliphatic rings.